The van der Waals surface area contributed by atoms with Gasteiger partial charge in [-0.2, -0.15) is 0 Å². The largest absolute Gasteiger partial charge is 0.379 e. The van der Waals surface area contributed by atoms with Crippen molar-refractivity contribution in [3.05, 3.63) is 0 Å². The van der Waals surface area contributed by atoms with E-state index < -0.39 is 0 Å². The first kappa shape index (κ1) is 9.96. The van der Waals surface area contributed by atoms with Crippen LogP contribution in [0.5, 0.6) is 0 Å². The second kappa shape index (κ2) is 4.80. The van der Waals surface area contributed by atoms with Crippen LogP contribution < -0.4 is 11.1 Å². The zero-order chi connectivity index (χ0) is 8.97. The van der Waals surface area contributed by atoms with Crippen molar-refractivity contribution in [2.24, 2.45) is 11.7 Å². The van der Waals surface area contributed by atoms with Gasteiger partial charge >= 0.3 is 0 Å². The normalized spacial score (nSPS) is 30.2. The van der Waals surface area contributed by atoms with Crippen LogP contribution in [0.25, 0.3) is 0 Å². The van der Waals surface area contributed by atoms with E-state index in [-0.39, 0.29) is 6.10 Å². The molecule has 72 valence electrons. The fourth-order valence-corrected chi connectivity index (χ4v) is 1.49. The van der Waals surface area contributed by atoms with Gasteiger partial charge in [-0.15, -0.1) is 0 Å². The summed E-state index contributed by atoms with van der Waals surface area (Å²) in [6.45, 7) is 3.74. The highest BCUT2D eigenvalue weighted by Crippen LogP contribution is 2.32. The standard InChI is InChI=1S/C9H20N2O/c1-3-7-4-9(7)11-6-8(5-10)12-2/h7-9,11H,3-6,10H2,1-2H3. The van der Waals surface area contributed by atoms with Crippen LogP contribution in [-0.4, -0.2) is 32.3 Å². The fraction of sp³-hybridized carbons (Fsp3) is 1.00. The summed E-state index contributed by atoms with van der Waals surface area (Å²) < 4.78 is 5.16. The van der Waals surface area contributed by atoms with E-state index in [1.807, 2.05) is 0 Å². The first-order chi connectivity index (χ1) is 5.81. The highest BCUT2D eigenvalue weighted by molar-refractivity contribution is 4.92. The summed E-state index contributed by atoms with van der Waals surface area (Å²) in [7, 11) is 1.71. The molecule has 1 aliphatic carbocycles. The van der Waals surface area contributed by atoms with Gasteiger partial charge in [0.2, 0.25) is 0 Å². The molecule has 0 aromatic rings. The zero-order valence-electron chi connectivity index (χ0n) is 8.05. The summed E-state index contributed by atoms with van der Waals surface area (Å²) in [4.78, 5) is 0. The SMILES string of the molecule is CCC1CC1NCC(CN)OC. The Bertz CT molecular complexity index is 126. The Kier molecular flexibility index (Phi) is 3.98. The summed E-state index contributed by atoms with van der Waals surface area (Å²) >= 11 is 0. The average Bonchev–Trinajstić information content (AvgIpc) is 2.85. The third-order valence-corrected chi connectivity index (χ3v) is 2.65. The van der Waals surface area contributed by atoms with Crippen molar-refractivity contribution in [2.75, 3.05) is 20.2 Å². The first-order valence-electron chi connectivity index (χ1n) is 4.78. The lowest BCUT2D eigenvalue weighted by Gasteiger charge is -2.13. The van der Waals surface area contributed by atoms with Crippen LogP contribution >= 0.6 is 0 Å². The molecular formula is C9H20N2O. The molecule has 0 aromatic heterocycles. The lowest BCUT2D eigenvalue weighted by molar-refractivity contribution is 0.108. The third-order valence-electron chi connectivity index (χ3n) is 2.65. The van der Waals surface area contributed by atoms with E-state index in [9.17, 15) is 0 Å². The zero-order valence-corrected chi connectivity index (χ0v) is 8.05. The molecule has 3 N–H and O–H groups in total. The smallest absolute Gasteiger partial charge is 0.0817 e. The molecule has 0 radical (unpaired) electrons. The van der Waals surface area contributed by atoms with E-state index in [2.05, 4.69) is 12.2 Å². The molecule has 0 amide bonds. The molecule has 0 saturated heterocycles. The van der Waals surface area contributed by atoms with Gasteiger partial charge in [0.25, 0.3) is 0 Å². The lowest BCUT2D eigenvalue weighted by atomic mass is 10.3. The number of hydrogen-bond donors (Lipinski definition) is 2. The molecule has 3 nitrogen and oxygen atoms in total. The van der Waals surface area contributed by atoms with E-state index in [1.54, 1.807) is 7.11 Å². The molecule has 0 bridgehead atoms. The molecule has 3 heteroatoms. The summed E-state index contributed by atoms with van der Waals surface area (Å²) in [5, 5.41) is 3.45. The molecular weight excluding hydrogens is 152 g/mol. The minimum Gasteiger partial charge on any atom is -0.379 e. The second-order valence-corrected chi connectivity index (χ2v) is 3.51. The Morgan fingerprint density at radius 3 is 2.83 bits per heavy atom. The summed E-state index contributed by atoms with van der Waals surface area (Å²) in [5.74, 6) is 0.903. The van der Waals surface area contributed by atoms with Crippen LogP contribution in [-0.2, 0) is 4.74 Å². The Morgan fingerprint density at radius 1 is 1.67 bits per heavy atom. The number of nitrogens with two attached hydrogens (primary N) is 1. The summed E-state index contributed by atoms with van der Waals surface area (Å²) in [6, 6.07) is 0.735. The van der Waals surface area contributed by atoms with Crippen molar-refractivity contribution in [1.82, 2.24) is 5.32 Å². The van der Waals surface area contributed by atoms with Crippen LogP contribution in [0.2, 0.25) is 0 Å². The molecule has 0 aromatic carbocycles. The molecule has 0 spiro atoms. The van der Waals surface area contributed by atoms with Gasteiger partial charge in [-0.1, -0.05) is 13.3 Å². The minimum atomic E-state index is 0.183. The average molecular weight is 172 g/mol. The molecule has 1 aliphatic rings. The molecule has 3 atom stereocenters. The van der Waals surface area contributed by atoms with E-state index >= 15 is 0 Å². The Hall–Kier alpha value is -0.120. The first-order valence-corrected chi connectivity index (χ1v) is 4.78. The maximum Gasteiger partial charge on any atom is 0.0817 e. The summed E-state index contributed by atoms with van der Waals surface area (Å²) in [5.41, 5.74) is 5.49. The van der Waals surface area contributed by atoms with Crippen LogP contribution in [0.4, 0.5) is 0 Å². The van der Waals surface area contributed by atoms with Gasteiger partial charge in [0.05, 0.1) is 6.10 Å². The summed E-state index contributed by atoms with van der Waals surface area (Å²) in [6.07, 6.45) is 2.80. The van der Waals surface area contributed by atoms with Gasteiger partial charge in [0, 0.05) is 26.2 Å². The quantitative estimate of drug-likeness (QED) is 0.607. The lowest BCUT2D eigenvalue weighted by Crippen LogP contribution is -2.35. The van der Waals surface area contributed by atoms with Crippen LogP contribution in [0, 0.1) is 5.92 Å². The highest BCUT2D eigenvalue weighted by Gasteiger charge is 2.34. The molecule has 0 heterocycles. The maximum absolute atomic E-state index is 5.49. The highest BCUT2D eigenvalue weighted by atomic mass is 16.5. The van der Waals surface area contributed by atoms with E-state index in [1.165, 1.54) is 12.8 Å². The third kappa shape index (κ3) is 2.73. The number of rotatable bonds is 6. The van der Waals surface area contributed by atoms with E-state index in [4.69, 9.17) is 10.5 Å². The van der Waals surface area contributed by atoms with E-state index in [0.717, 1.165) is 18.5 Å². The Labute approximate surface area is 74.7 Å². The minimum absolute atomic E-state index is 0.183. The van der Waals surface area contributed by atoms with Crippen LogP contribution in [0.15, 0.2) is 0 Å². The van der Waals surface area contributed by atoms with Crippen LogP contribution in [0.3, 0.4) is 0 Å². The Balaban J connectivity index is 2.02. The van der Waals surface area contributed by atoms with E-state index in [0.29, 0.717) is 6.54 Å². The predicted molar refractivity (Wildman–Crippen MR) is 50.0 cm³/mol. The van der Waals surface area contributed by atoms with Gasteiger partial charge in [-0.3, -0.25) is 0 Å². The molecule has 0 aliphatic heterocycles. The monoisotopic (exact) mass is 172 g/mol. The fourth-order valence-electron chi connectivity index (χ4n) is 1.49. The number of ether oxygens (including phenoxy) is 1. The van der Waals surface area contributed by atoms with Gasteiger partial charge in [-0.05, 0) is 12.3 Å². The van der Waals surface area contributed by atoms with Gasteiger partial charge in [0.1, 0.15) is 0 Å². The maximum atomic E-state index is 5.49. The Morgan fingerprint density at radius 2 is 2.42 bits per heavy atom. The van der Waals surface area contributed by atoms with Crippen molar-refractivity contribution in [1.29, 1.82) is 0 Å². The van der Waals surface area contributed by atoms with Gasteiger partial charge in [0.15, 0.2) is 0 Å². The molecule has 1 saturated carbocycles. The van der Waals surface area contributed by atoms with Crippen molar-refractivity contribution in [2.45, 2.75) is 31.9 Å². The van der Waals surface area contributed by atoms with Crippen LogP contribution in [0.1, 0.15) is 19.8 Å². The number of methoxy groups -OCH3 is 1. The van der Waals surface area contributed by atoms with Crippen molar-refractivity contribution in [3.8, 4) is 0 Å². The predicted octanol–water partition coefficient (Wildman–Crippen LogP) is 0.348. The number of hydrogen-bond acceptors (Lipinski definition) is 3. The van der Waals surface area contributed by atoms with Crippen molar-refractivity contribution < 1.29 is 4.74 Å². The van der Waals surface area contributed by atoms with Gasteiger partial charge < -0.3 is 15.8 Å². The van der Waals surface area contributed by atoms with Gasteiger partial charge in [-0.25, -0.2) is 0 Å². The topological polar surface area (TPSA) is 47.3 Å². The molecule has 12 heavy (non-hydrogen) atoms. The van der Waals surface area contributed by atoms with Crippen molar-refractivity contribution >= 4 is 0 Å². The number of nitrogens with one attached hydrogen (secondary N) is 1. The molecule has 1 rings (SSSR count). The molecule has 1 fully saturated rings. The van der Waals surface area contributed by atoms with Crippen molar-refractivity contribution in [3.63, 3.8) is 0 Å². The molecule has 3 unspecified atom stereocenters. The second-order valence-electron chi connectivity index (χ2n) is 3.51.